The molecule has 0 saturated carbocycles. The van der Waals surface area contributed by atoms with E-state index in [4.69, 9.17) is 15.2 Å². The van der Waals surface area contributed by atoms with Gasteiger partial charge in [-0.3, -0.25) is 9.97 Å². The van der Waals surface area contributed by atoms with Crippen molar-refractivity contribution in [2.24, 2.45) is 0 Å². The molecule has 1 saturated heterocycles. The SMILES string of the molecule is COc1cncc(-c2cnc(C3CCOCC3)cc2N)c1. The van der Waals surface area contributed by atoms with Crippen molar-refractivity contribution in [2.45, 2.75) is 18.8 Å². The van der Waals surface area contributed by atoms with E-state index in [2.05, 4.69) is 9.97 Å². The van der Waals surface area contributed by atoms with Gasteiger partial charge >= 0.3 is 0 Å². The number of nitrogen functional groups attached to an aromatic ring is 1. The number of anilines is 1. The quantitative estimate of drug-likeness (QED) is 0.938. The summed E-state index contributed by atoms with van der Waals surface area (Å²) >= 11 is 0. The highest BCUT2D eigenvalue weighted by molar-refractivity contribution is 5.75. The van der Waals surface area contributed by atoms with Crippen LogP contribution < -0.4 is 10.5 Å². The topological polar surface area (TPSA) is 70.3 Å². The predicted molar refractivity (Wildman–Crippen MR) is 81.2 cm³/mol. The molecule has 0 aliphatic carbocycles. The summed E-state index contributed by atoms with van der Waals surface area (Å²) in [5.41, 5.74) is 9.79. The Labute approximate surface area is 124 Å². The van der Waals surface area contributed by atoms with Crippen molar-refractivity contribution in [3.8, 4) is 16.9 Å². The average molecular weight is 285 g/mol. The normalized spacial score (nSPS) is 15.9. The molecule has 1 aliphatic heterocycles. The Morgan fingerprint density at radius 2 is 2.00 bits per heavy atom. The highest BCUT2D eigenvalue weighted by atomic mass is 16.5. The van der Waals surface area contributed by atoms with Crippen molar-refractivity contribution in [2.75, 3.05) is 26.1 Å². The number of hydrogen-bond donors (Lipinski definition) is 1. The standard InChI is InChI=1S/C16H19N3O2/c1-20-13-6-12(8-18-9-13)14-10-19-16(7-15(14)17)11-2-4-21-5-3-11/h6-11H,2-5H2,1H3,(H2,17,19). The van der Waals surface area contributed by atoms with Crippen LogP contribution in [0.4, 0.5) is 5.69 Å². The molecular weight excluding hydrogens is 266 g/mol. The minimum atomic E-state index is 0.443. The zero-order valence-electron chi connectivity index (χ0n) is 12.1. The minimum Gasteiger partial charge on any atom is -0.495 e. The van der Waals surface area contributed by atoms with Gasteiger partial charge in [0.05, 0.1) is 13.3 Å². The van der Waals surface area contributed by atoms with Crippen LogP contribution >= 0.6 is 0 Å². The third kappa shape index (κ3) is 2.97. The molecule has 0 radical (unpaired) electrons. The number of rotatable bonds is 3. The summed E-state index contributed by atoms with van der Waals surface area (Å²) < 4.78 is 10.6. The summed E-state index contributed by atoms with van der Waals surface area (Å²) in [4.78, 5) is 8.75. The lowest BCUT2D eigenvalue weighted by atomic mass is 9.94. The fourth-order valence-electron chi connectivity index (χ4n) is 2.62. The van der Waals surface area contributed by atoms with E-state index in [1.165, 1.54) is 0 Å². The molecule has 0 bridgehead atoms. The van der Waals surface area contributed by atoms with Crippen molar-refractivity contribution in [1.82, 2.24) is 9.97 Å². The average Bonchev–Trinajstić information content (AvgIpc) is 2.55. The summed E-state index contributed by atoms with van der Waals surface area (Å²) in [6.45, 7) is 1.60. The van der Waals surface area contributed by atoms with Crippen LogP contribution in [-0.4, -0.2) is 30.3 Å². The van der Waals surface area contributed by atoms with E-state index in [1.807, 2.05) is 18.3 Å². The van der Waals surface area contributed by atoms with Gasteiger partial charge in [0.2, 0.25) is 0 Å². The van der Waals surface area contributed by atoms with Crippen molar-refractivity contribution < 1.29 is 9.47 Å². The van der Waals surface area contributed by atoms with Crippen LogP contribution in [0.1, 0.15) is 24.5 Å². The molecule has 2 aromatic heterocycles. The van der Waals surface area contributed by atoms with Crippen LogP contribution in [0.3, 0.4) is 0 Å². The van der Waals surface area contributed by atoms with Gasteiger partial charge in [0.1, 0.15) is 5.75 Å². The zero-order valence-corrected chi connectivity index (χ0v) is 12.1. The van der Waals surface area contributed by atoms with Crippen LogP contribution in [0.2, 0.25) is 0 Å². The maximum absolute atomic E-state index is 6.21. The van der Waals surface area contributed by atoms with E-state index in [0.29, 0.717) is 11.7 Å². The largest absolute Gasteiger partial charge is 0.495 e. The summed E-state index contributed by atoms with van der Waals surface area (Å²) in [5.74, 6) is 1.15. The van der Waals surface area contributed by atoms with E-state index >= 15 is 0 Å². The van der Waals surface area contributed by atoms with Crippen LogP contribution in [0.25, 0.3) is 11.1 Å². The summed E-state index contributed by atoms with van der Waals surface area (Å²) in [6, 6.07) is 3.89. The zero-order chi connectivity index (χ0) is 14.7. The number of nitrogens with zero attached hydrogens (tertiary/aromatic N) is 2. The van der Waals surface area contributed by atoms with Crippen molar-refractivity contribution in [1.29, 1.82) is 0 Å². The first-order valence-electron chi connectivity index (χ1n) is 7.10. The second-order valence-corrected chi connectivity index (χ2v) is 5.20. The van der Waals surface area contributed by atoms with Gasteiger partial charge in [0, 0.05) is 54.0 Å². The first-order valence-corrected chi connectivity index (χ1v) is 7.10. The lowest BCUT2D eigenvalue weighted by Gasteiger charge is -2.22. The molecule has 5 nitrogen and oxygen atoms in total. The molecule has 0 atom stereocenters. The molecular formula is C16H19N3O2. The molecule has 0 unspecified atom stereocenters. The number of hydrogen-bond acceptors (Lipinski definition) is 5. The third-order valence-corrected chi connectivity index (χ3v) is 3.86. The smallest absolute Gasteiger partial charge is 0.137 e. The molecule has 21 heavy (non-hydrogen) atoms. The molecule has 2 aromatic rings. The molecule has 0 aromatic carbocycles. The first-order chi connectivity index (χ1) is 10.3. The van der Waals surface area contributed by atoms with Gasteiger partial charge in [-0.05, 0) is 25.0 Å². The Morgan fingerprint density at radius 1 is 1.19 bits per heavy atom. The van der Waals surface area contributed by atoms with Crippen molar-refractivity contribution in [3.05, 3.63) is 36.4 Å². The van der Waals surface area contributed by atoms with Gasteiger partial charge in [0.25, 0.3) is 0 Å². The molecule has 110 valence electrons. The maximum Gasteiger partial charge on any atom is 0.137 e. The van der Waals surface area contributed by atoms with E-state index in [1.54, 1.807) is 19.5 Å². The molecule has 1 fully saturated rings. The summed E-state index contributed by atoms with van der Waals surface area (Å²) in [5, 5.41) is 0. The Kier molecular flexibility index (Phi) is 4.01. The van der Waals surface area contributed by atoms with Gasteiger partial charge in [-0.25, -0.2) is 0 Å². The molecule has 3 rings (SSSR count). The second-order valence-electron chi connectivity index (χ2n) is 5.20. The van der Waals surface area contributed by atoms with Gasteiger partial charge in [0.15, 0.2) is 0 Å². The summed E-state index contributed by atoms with van der Waals surface area (Å²) in [7, 11) is 1.62. The Morgan fingerprint density at radius 3 is 2.71 bits per heavy atom. The lowest BCUT2D eigenvalue weighted by molar-refractivity contribution is 0.0845. The third-order valence-electron chi connectivity index (χ3n) is 3.86. The predicted octanol–water partition coefficient (Wildman–Crippen LogP) is 2.63. The molecule has 0 amide bonds. The van der Waals surface area contributed by atoms with Crippen molar-refractivity contribution >= 4 is 5.69 Å². The van der Waals surface area contributed by atoms with Gasteiger partial charge < -0.3 is 15.2 Å². The Hall–Kier alpha value is -2.14. The van der Waals surface area contributed by atoms with Gasteiger partial charge in [-0.2, -0.15) is 0 Å². The molecule has 0 spiro atoms. The van der Waals surface area contributed by atoms with Crippen LogP contribution in [-0.2, 0) is 4.74 Å². The Bertz CT molecular complexity index is 625. The highest BCUT2D eigenvalue weighted by Crippen LogP contribution is 2.31. The maximum atomic E-state index is 6.21. The number of nitrogens with two attached hydrogens (primary N) is 1. The number of pyridine rings is 2. The van der Waals surface area contributed by atoms with E-state index in [0.717, 1.165) is 48.6 Å². The fraction of sp³-hybridized carbons (Fsp3) is 0.375. The number of aromatic nitrogens is 2. The minimum absolute atomic E-state index is 0.443. The monoisotopic (exact) mass is 285 g/mol. The van der Waals surface area contributed by atoms with Gasteiger partial charge in [-0.15, -0.1) is 0 Å². The van der Waals surface area contributed by atoms with E-state index in [-0.39, 0.29) is 0 Å². The van der Waals surface area contributed by atoms with Crippen LogP contribution in [0.15, 0.2) is 30.7 Å². The molecule has 5 heteroatoms. The number of methoxy groups -OCH3 is 1. The molecule has 3 heterocycles. The Balaban J connectivity index is 1.90. The molecule has 2 N–H and O–H groups in total. The summed E-state index contributed by atoms with van der Waals surface area (Å²) in [6.07, 6.45) is 7.28. The lowest BCUT2D eigenvalue weighted by Crippen LogP contribution is -2.15. The highest BCUT2D eigenvalue weighted by Gasteiger charge is 2.18. The molecule has 1 aliphatic rings. The van der Waals surface area contributed by atoms with Crippen LogP contribution in [0.5, 0.6) is 5.75 Å². The first kappa shape index (κ1) is 13.8. The van der Waals surface area contributed by atoms with Crippen LogP contribution in [0, 0.1) is 0 Å². The second kappa shape index (κ2) is 6.10. The van der Waals surface area contributed by atoms with E-state index in [9.17, 15) is 0 Å². The number of ether oxygens (including phenoxy) is 2. The fourth-order valence-corrected chi connectivity index (χ4v) is 2.62. The van der Waals surface area contributed by atoms with Gasteiger partial charge in [-0.1, -0.05) is 0 Å². The van der Waals surface area contributed by atoms with E-state index < -0.39 is 0 Å². The van der Waals surface area contributed by atoms with Crippen molar-refractivity contribution in [3.63, 3.8) is 0 Å².